The van der Waals surface area contributed by atoms with Crippen molar-refractivity contribution in [2.75, 3.05) is 0 Å². The van der Waals surface area contributed by atoms with Gasteiger partial charge in [-0.1, -0.05) is 37.5 Å². The summed E-state index contributed by atoms with van der Waals surface area (Å²) in [6, 6.07) is 0. The molecule has 0 bridgehead atoms. The van der Waals surface area contributed by atoms with E-state index in [-0.39, 0.29) is 0 Å². The molecule has 0 unspecified atom stereocenters. The molecule has 0 aliphatic heterocycles. The van der Waals surface area contributed by atoms with E-state index in [2.05, 4.69) is 30.3 Å². The lowest BCUT2D eigenvalue weighted by Gasteiger charge is -1.95. The van der Waals surface area contributed by atoms with Crippen molar-refractivity contribution in [2.45, 2.75) is 13.8 Å². The van der Waals surface area contributed by atoms with Crippen LogP contribution in [-0.2, 0) is 0 Å². The largest absolute Gasteiger partial charge is 0.355 e. The Balaban J connectivity index is 3.46. The molecular formula is C14H17N. The van der Waals surface area contributed by atoms with Crippen LogP contribution in [0.25, 0.3) is 24.3 Å². The first-order chi connectivity index (χ1) is 7.28. The summed E-state index contributed by atoms with van der Waals surface area (Å²) in [5.74, 6) is 0. The minimum Gasteiger partial charge on any atom is -0.355 e. The Bertz CT molecular complexity index is 378. The van der Waals surface area contributed by atoms with Gasteiger partial charge in [0.2, 0.25) is 0 Å². The van der Waals surface area contributed by atoms with Gasteiger partial charge in [-0.3, -0.25) is 0 Å². The molecule has 78 valence electrons. The SMILES string of the molecule is C=Cc1[nH]c(C=C)c(/C=C\C)c1/C=C\C. The average molecular weight is 199 g/mol. The van der Waals surface area contributed by atoms with E-state index >= 15 is 0 Å². The van der Waals surface area contributed by atoms with Gasteiger partial charge >= 0.3 is 0 Å². The fourth-order valence-electron chi connectivity index (χ4n) is 1.58. The van der Waals surface area contributed by atoms with Crippen molar-refractivity contribution in [1.29, 1.82) is 0 Å². The minimum atomic E-state index is 1.04. The van der Waals surface area contributed by atoms with Crippen LogP contribution in [0.4, 0.5) is 0 Å². The standard InChI is InChI=1S/C14H17N/c1-5-9-11-12(10-6-2)14(8-4)15-13(11)7-3/h5-10,15H,3-4H2,1-2H3/b9-5-,10-6-. The topological polar surface area (TPSA) is 15.8 Å². The predicted octanol–water partition coefficient (Wildman–Crippen LogP) is 4.37. The average Bonchev–Trinajstić information content (AvgIpc) is 2.58. The summed E-state index contributed by atoms with van der Waals surface area (Å²) in [5, 5.41) is 0. The molecular weight excluding hydrogens is 182 g/mol. The second-order valence-electron chi connectivity index (χ2n) is 3.19. The molecule has 1 N–H and O–H groups in total. The lowest BCUT2D eigenvalue weighted by atomic mass is 10.1. The molecule has 1 heteroatoms. The molecule has 1 heterocycles. The molecule has 0 aliphatic carbocycles. The monoisotopic (exact) mass is 199 g/mol. The van der Waals surface area contributed by atoms with Crippen molar-refractivity contribution in [3.05, 3.63) is 47.8 Å². The van der Waals surface area contributed by atoms with Crippen molar-refractivity contribution in [1.82, 2.24) is 4.98 Å². The predicted molar refractivity (Wildman–Crippen MR) is 70.4 cm³/mol. The second-order valence-corrected chi connectivity index (χ2v) is 3.19. The Labute approximate surface area is 91.5 Å². The number of H-pyrrole nitrogens is 1. The van der Waals surface area contributed by atoms with Crippen LogP contribution in [0.5, 0.6) is 0 Å². The van der Waals surface area contributed by atoms with Gasteiger partial charge in [0, 0.05) is 22.5 Å². The van der Waals surface area contributed by atoms with Crippen LogP contribution in [0.15, 0.2) is 25.3 Å². The van der Waals surface area contributed by atoms with Gasteiger partial charge in [0.15, 0.2) is 0 Å². The molecule has 1 rings (SSSR count). The minimum absolute atomic E-state index is 1.04. The van der Waals surface area contributed by atoms with Crippen LogP contribution in [0.2, 0.25) is 0 Å². The fourth-order valence-corrected chi connectivity index (χ4v) is 1.58. The summed E-state index contributed by atoms with van der Waals surface area (Å²) < 4.78 is 0. The number of aromatic nitrogens is 1. The molecule has 0 fully saturated rings. The maximum atomic E-state index is 3.80. The van der Waals surface area contributed by atoms with Gasteiger partial charge in [0.05, 0.1) is 0 Å². The summed E-state index contributed by atoms with van der Waals surface area (Å²) in [4.78, 5) is 3.28. The Kier molecular flexibility index (Phi) is 3.92. The quantitative estimate of drug-likeness (QED) is 0.741. The summed E-state index contributed by atoms with van der Waals surface area (Å²) in [5.41, 5.74) is 4.41. The zero-order valence-corrected chi connectivity index (χ0v) is 9.38. The molecule has 1 aromatic heterocycles. The Hall–Kier alpha value is -1.76. The molecule has 15 heavy (non-hydrogen) atoms. The number of aromatic amines is 1. The highest BCUT2D eigenvalue weighted by atomic mass is 14.7. The van der Waals surface area contributed by atoms with Crippen LogP contribution in [-0.4, -0.2) is 4.98 Å². The fraction of sp³-hybridized carbons (Fsp3) is 0.143. The van der Waals surface area contributed by atoms with E-state index < -0.39 is 0 Å². The molecule has 0 aliphatic rings. The van der Waals surface area contributed by atoms with Gasteiger partial charge in [-0.15, -0.1) is 0 Å². The van der Waals surface area contributed by atoms with Crippen LogP contribution in [0, 0.1) is 0 Å². The van der Waals surface area contributed by atoms with E-state index in [9.17, 15) is 0 Å². The molecule has 0 atom stereocenters. The van der Waals surface area contributed by atoms with E-state index in [1.54, 1.807) is 0 Å². The zero-order valence-electron chi connectivity index (χ0n) is 9.38. The summed E-state index contributed by atoms with van der Waals surface area (Å²) in [6.07, 6.45) is 11.9. The number of hydrogen-bond donors (Lipinski definition) is 1. The number of allylic oxidation sites excluding steroid dienone is 2. The second kappa shape index (κ2) is 5.20. The van der Waals surface area contributed by atoms with Gasteiger partial charge in [0.25, 0.3) is 0 Å². The smallest absolute Gasteiger partial charge is 0.0458 e. The highest BCUT2D eigenvalue weighted by Crippen LogP contribution is 2.24. The van der Waals surface area contributed by atoms with Crippen molar-refractivity contribution in [2.24, 2.45) is 0 Å². The highest BCUT2D eigenvalue weighted by Gasteiger charge is 2.08. The molecule has 0 saturated carbocycles. The highest BCUT2D eigenvalue weighted by molar-refractivity contribution is 5.78. The van der Waals surface area contributed by atoms with E-state index in [0.29, 0.717) is 0 Å². The van der Waals surface area contributed by atoms with Crippen molar-refractivity contribution in [3.63, 3.8) is 0 Å². The van der Waals surface area contributed by atoms with Gasteiger partial charge < -0.3 is 4.98 Å². The molecule has 0 spiro atoms. The van der Waals surface area contributed by atoms with Gasteiger partial charge in [0.1, 0.15) is 0 Å². The maximum absolute atomic E-state index is 3.80. The van der Waals surface area contributed by atoms with Crippen LogP contribution in [0.1, 0.15) is 36.4 Å². The van der Waals surface area contributed by atoms with E-state index in [1.165, 1.54) is 11.1 Å². The van der Waals surface area contributed by atoms with E-state index in [0.717, 1.165) is 11.4 Å². The molecule has 0 radical (unpaired) electrons. The van der Waals surface area contributed by atoms with Gasteiger partial charge in [-0.2, -0.15) is 0 Å². The first kappa shape index (κ1) is 11.3. The van der Waals surface area contributed by atoms with E-state index in [4.69, 9.17) is 0 Å². The Morgan fingerprint density at radius 2 is 1.27 bits per heavy atom. The molecule has 0 saturated heterocycles. The Morgan fingerprint density at radius 3 is 1.53 bits per heavy atom. The molecule has 1 aromatic rings. The lowest BCUT2D eigenvalue weighted by Crippen LogP contribution is -1.77. The van der Waals surface area contributed by atoms with Crippen LogP contribution >= 0.6 is 0 Å². The third-order valence-corrected chi connectivity index (χ3v) is 2.21. The Morgan fingerprint density at radius 1 is 0.867 bits per heavy atom. The van der Waals surface area contributed by atoms with Crippen LogP contribution in [0.3, 0.4) is 0 Å². The van der Waals surface area contributed by atoms with Crippen LogP contribution < -0.4 is 0 Å². The first-order valence-corrected chi connectivity index (χ1v) is 5.04. The van der Waals surface area contributed by atoms with Crippen molar-refractivity contribution < 1.29 is 0 Å². The third-order valence-electron chi connectivity index (χ3n) is 2.21. The number of hydrogen-bond acceptors (Lipinski definition) is 0. The summed E-state index contributed by atoms with van der Waals surface area (Å²) in [6.45, 7) is 11.6. The third kappa shape index (κ3) is 2.18. The maximum Gasteiger partial charge on any atom is 0.0458 e. The van der Waals surface area contributed by atoms with Gasteiger partial charge in [-0.25, -0.2) is 0 Å². The summed E-state index contributed by atoms with van der Waals surface area (Å²) >= 11 is 0. The first-order valence-electron chi connectivity index (χ1n) is 5.04. The van der Waals surface area contributed by atoms with Crippen molar-refractivity contribution in [3.8, 4) is 0 Å². The normalized spacial score (nSPS) is 11.3. The molecule has 0 aromatic carbocycles. The number of rotatable bonds is 4. The number of nitrogens with one attached hydrogen (secondary N) is 1. The molecule has 0 amide bonds. The lowest BCUT2D eigenvalue weighted by molar-refractivity contribution is 1.34. The zero-order chi connectivity index (χ0) is 11.3. The van der Waals surface area contributed by atoms with Gasteiger partial charge in [-0.05, 0) is 26.0 Å². The summed E-state index contributed by atoms with van der Waals surface area (Å²) in [7, 11) is 0. The van der Waals surface area contributed by atoms with Crippen molar-refractivity contribution >= 4 is 24.3 Å². The van der Waals surface area contributed by atoms with E-state index in [1.807, 2.05) is 38.2 Å². The molecule has 1 nitrogen and oxygen atoms in total.